The van der Waals surface area contributed by atoms with E-state index in [9.17, 15) is 119 Å². The van der Waals surface area contributed by atoms with Crippen molar-refractivity contribution in [3.63, 3.8) is 0 Å². The van der Waals surface area contributed by atoms with Crippen LogP contribution < -0.4 is 56.8 Å². The summed E-state index contributed by atoms with van der Waals surface area (Å²) in [5.41, 5.74) is -4.21. The zero-order valence-corrected chi connectivity index (χ0v) is 57.8. The molecule has 1 aliphatic carbocycles. The second-order valence-corrected chi connectivity index (χ2v) is 23.8. The molecule has 0 aliphatic heterocycles. The Bertz CT molecular complexity index is 4190. The number of ether oxygens (including phenoxy) is 12. The molecule has 0 atom stereocenters. The van der Waals surface area contributed by atoms with Crippen molar-refractivity contribution in [3.05, 3.63) is 212 Å². The third kappa shape index (κ3) is 20.8. The first-order valence-corrected chi connectivity index (χ1v) is 32.7. The van der Waals surface area contributed by atoms with E-state index in [1.165, 1.54) is 97.1 Å². The Morgan fingerprint density at radius 3 is 0.411 bits per heavy atom. The van der Waals surface area contributed by atoms with E-state index in [1.807, 2.05) is 0 Å². The van der Waals surface area contributed by atoms with Crippen LogP contribution in [0.2, 0.25) is 0 Å². The van der Waals surface area contributed by atoms with E-state index in [4.69, 9.17) is 56.8 Å². The molecule has 112 heavy (non-hydrogen) atoms. The first-order valence-electron chi connectivity index (χ1n) is 32.7. The molecule has 584 valence electrons. The van der Waals surface area contributed by atoms with Gasteiger partial charge in [0.25, 0.3) is 0 Å². The third-order valence-corrected chi connectivity index (χ3v) is 16.2. The summed E-state index contributed by atoms with van der Waals surface area (Å²) in [6.45, 7) is -15.0. The molecule has 1 aliphatic rings. The van der Waals surface area contributed by atoms with Gasteiger partial charge in [0.2, 0.25) is 0 Å². The minimum atomic E-state index is -1.97. The summed E-state index contributed by atoms with van der Waals surface area (Å²) in [7, 11) is 0. The molecule has 12 N–H and O–H groups in total. The Morgan fingerprint density at radius 1 is 0.170 bits per heavy atom. The molecule has 0 saturated carbocycles. The summed E-state index contributed by atoms with van der Waals surface area (Å²) < 4.78 is 73.5. The van der Waals surface area contributed by atoms with Gasteiger partial charge in [-0.25, -0.2) is 57.5 Å². The zero-order valence-electron chi connectivity index (χ0n) is 57.8. The van der Waals surface area contributed by atoms with Crippen molar-refractivity contribution in [2.24, 2.45) is 0 Å². The van der Waals surface area contributed by atoms with Gasteiger partial charge < -0.3 is 118 Å². The lowest BCUT2D eigenvalue weighted by Gasteiger charge is -2.33. The van der Waals surface area contributed by atoms with Crippen LogP contribution in [-0.2, 0) is 57.5 Å². The maximum Gasteiger partial charge on any atom is 0.341 e. The van der Waals surface area contributed by atoms with Crippen LogP contribution in [0.3, 0.4) is 0 Å². The van der Waals surface area contributed by atoms with E-state index in [0.29, 0.717) is 0 Å². The quantitative estimate of drug-likeness (QED) is 0.0201. The van der Waals surface area contributed by atoms with Gasteiger partial charge in [-0.1, -0.05) is 72.8 Å². The number of carbonyl (C=O) groups is 12. The average molecular weight is 1550 g/mol. The molecule has 0 aromatic heterocycles. The smallest absolute Gasteiger partial charge is 0.341 e. The number of hydrogen-bond donors (Lipinski definition) is 12. The molecule has 0 saturated heterocycles. The standard InChI is InChI=1S/C76H64O36/c77-61(78)25-101-49-13-5-1-9-37(49)73-41-17-43(55(107-31-67(89)90)21-53(41)105-29-65(85)86)74(38-10-2-6-14-50(38)102-26-62(79)80)45-19-47(59(111-35-71(97)98)23-57(45)109-33-69(93)94)76(40-12-4-8-16-52(40)104-28-64(83)84)48-20-46(58(110-34-70(95)96)24-60(48)112-36-72(99)100)75(39-11-3-7-15-51(39)103-27-63(81)82)44-18-42(73)54(106-30-66(87)88)22-56(44)108-32-68(91)92/h1-24,73-76H,25-36H2,(H,77,78)(H,79,80)(H,81,82)(H,83,84)(H,85,86)(H,87,88)(H,89,90)(H,91,92)(H,93,94)(H,95,96)(H,97,98)(H,99,100). The molecular weight excluding hydrogens is 1490 g/mol. The van der Waals surface area contributed by atoms with Crippen LogP contribution in [0.25, 0.3) is 0 Å². The van der Waals surface area contributed by atoms with E-state index < -0.39 is 265 Å². The molecule has 0 radical (unpaired) electrons. The highest BCUT2D eigenvalue weighted by Crippen LogP contribution is 2.57. The fourth-order valence-corrected chi connectivity index (χ4v) is 12.3. The Labute approximate surface area is 629 Å². The van der Waals surface area contributed by atoms with Gasteiger partial charge in [-0.3, -0.25) is 0 Å². The number of carboxylic acid groups (broad SMARTS) is 12. The monoisotopic (exact) mass is 1550 g/mol. The van der Waals surface area contributed by atoms with Gasteiger partial charge in [0.1, 0.15) is 69.0 Å². The second-order valence-electron chi connectivity index (χ2n) is 23.8. The molecule has 9 rings (SSSR count). The summed E-state index contributed by atoms with van der Waals surface area (Å²) in [6, 6.07) is 29.5. The van der Waals surface area contributed by atoms with E-state index in [0.717, 1.165) is 48.5 Å². The average Bonchev–Trinajstić information content (AvgIpc) is 0.730. The Morgan fingerprint density at radius 2 is 0.286 bits per heavy atom. The lowest BCUT2D eigenvalue weighted by atomic mass is 9.74. The first-order chi connectivity index (χ1) is 53.5. The molecule has 0 spiro atoms. The Kier molecular flexibility index (Phi) is 26.8. The number of aliphatic carboxylic acids is 12. The molecule has 36 heteroatoms. The van der Waals surface area contributed by atoms with E-state index >= 15 is 0 Å². The summed E-state index contributed by atoms with van der Waals surface area (Å²) in [6.07, 6.45) is 0. The molecule has 0 unspecified atom stereocenters. The van der Waals surface area contributed by atoms with Crippen LogP contribution in [0.1, 0.15) is 90.4 Å². The summed E-state index contributed by atoms with van der Waals surface area (Å²) in [4.78, 5) is 155. The lowest BCUT2D eigenvalue weighted by Crippen LogP contribution is -2.21. The van der Waals surface area contributed by atoms with Crippen molar-refractivity contribution in [3.8, 4) is 69.0 Å². The van der Waals surface area contributed by atoms with Gasteiger partial charge in [0.15, 0.2) is 79.3 Å². The zero-order chi connectivity index (χ0) is 81.0. The molecule has 8 bridgehead atoms. The second kappa shape index (κ2) is 37.0. The van der Waals surface area contributed by atoms with Gasteiger partial charge in [-0.05, 0) is 48.5 Å². The van der Waals surface area contributed by atoms with Crippen molar-refractivity contribution < 1.29 is 176 Å². The van der Waals surface area contributed by atoms with E-state index in [-0.39, 0.29) is 45.3 Å². The predicted octanol–water partition coefficient (Wildman–Crippen LogP) is 6.28. The van der Waals surface area contributed by atoms with Crippen LogP contribution in [0.15, 0.2) is 146 Å². The fraction of sp³-hybridized carbons (Fsp3) is 0.211. The molecular formula is C76H64O36. The van der Waals surface area contributed by atoms with Gasteiger partial charge in [0, 0.05) is 115 Å². The third-order valence-electron chi connectivity index (χ3n) is 16.2. The maximum atomic E-state index is 13.0. The van der Waals surface area contributed by atoms with Gasteiger partial charge in [-0.2, -0.15) is 0 Å². The van der Waals surface area contributed by atoms with Gasteiger partial charge in [0.05, 0.1) is 0 Å². The Balaban J connectivity index is 1.74. The number of carboxylic acids is 12. The minimum Gasteiger partial charge on any atom is -0.482 e. The number of para-hydroxylation sites is 4. The van der Waals surface area contributed by atoms with Crippen LogP contribution in [-0.4, -0.2) is 212 Å². The summed E-state index contributed by atoms with van der Waals surface area (Å²) in [5, 5.41) is 125. The maximum absolute atomic E-state index is 13.0. The summed E-state index contributed by atoms with van der Waals surface area (Å²) in [5.74, 6) is -34.3. The van der Waals surface area contributed by atoms with Crippen molar-refractivity contribution in [1.82, 2.24) is 0 Å². The van der Waals surface area contributed by atoms with Crippen LogP contribution in [0, 0.1) is 0 Å². The van der Waals surface area contributed by atoms with Crippen LogP contribution >= 0.6 is 0 Å². The largest absolute Gasteiger partial charge is 0.482 e. The van der Waals surface area contributed by atoms with Gasteiger partial charge >= 0.3 is 71.6 Å². The number of fused-ring (bicyclic) bond motifs is 8. The SMILES string of the molecule is O=C(O)COc1ccccc1C1c2cc(c(OCC(=O)O)cc2OCC(=O)O)C(c2ccccc2OCC(=O)O)c2cc(c(OCC(=O)O)cc2OCC(=O)O)C(c2ccccc2OCC(=O)O)c2cc(c(OCC(=O)O)cc2OCC(=O)O)C(c2ccccc2OCC(=O)O)c2cc1c(OCC(=O)O)cc2OCC(=O)O. The molecule has 8 aromatic carbocycles. The summed E-state index contributed by atoms with van der Waals surface area (Å²) >= 11 is 0. The van der Waals surface area contributed by atoms with Crippen molar-refractivity contribution >= 4 is 71.6 Å². The molecule has 0 fully saturated rings. The highest BCUT2D eigenvalue weighted by Gasteiger charge is 2.41. The number of benzene rings is 8. The topological polar surface area (TPSA) is 558 Å². The highest BCUT2D eigenvalue weighted by atomic mass is 16.6. The molecule has 0 heterocycles. The number of rotatable bonds is 40. The number of hydrogen-bond acceptors (Lipinski definition) is 24. The lowest BCUT2D eigenvalue weighted by molar-refractivity contribution is -0.140. The first kappa shape index (κ1) is 81.1. The van der Waals surface area contributed by atoms with Crippen LogP contribution in [0.4, 0.5) is 0 Å². The van der Waals surface area contributed by atoms with E-state index in [2.05, 4.69) is 0 Å². The fourth-order valence-electron chi connectivity index (χ4n) is 12.3. The Hall–Kier alpha value is -15.0. The highest BCUT2D eigenvalue weighted by molar-refractivity contribution is 5.78. The normalized spacial score (nSPS) is 13.9. The molecule has 0 amide bonds. The predicted molar refractivity (Wildman–Crippen MR) is 373 cm³/mol. The van der Waals surface area contributed by atoms with Crippen molar-refractivity contribution in [2.45, 2.75) is 23.7 Å². The minimum absolute atomic E-state index is 0.226. The van der Waals surface area contributed by atoms with Crippen molar-refractivity contribution in [2.75, 3.05) is 79.3 Å². The van der Waals surface area contributed by atoms with Crippen LogP contribution in [0.5, 0.6) is 69.0 Å². The van der Waals surface area contributed by atoms with Gasteiger partial charge in [-0.15, -0.1) is 0 Å². The van der Waals surface area contributed by atoms with Crippen molar-refractivity contribution in [1.29, 1.82) is 0 Å². The molecule has 36 nitrogen and oxygen atoms in total. The van der Waals surface area contributed by atoms with E-state index in [1.54, 1.807) is 0 Å². The molecule has 8 aromatic rings.